The molecule has 3 saturated carbocycles. The molecule has 156 valence electrons. The second-order valence-corrected chi connectivity index (χ2v) is 9.59. The SMILES string of the molecule is C.O=C(NCC12CCCC(CCC1)C2)c1cc(CCCNC2CC2)ccc1Cl. The Morgan fingerprint density at radius 1 is 1.14 bits per heavy atom. The third kappa shape index (κ3) is 5.51. The van der Waals surface area contributed by atoms with E-state index in [0.717, 1.165) is 37.9 Å². The number of halogens is 1. The lowest BCUT2D eigenvalue weighted by Crippen LogP contribution is -2.43. The quantitative estimate of drug-likeness (QED) is 0.541. The first-order valence-corrected chi connectivity index (χ1v) is 11.3. The molecular weight excluding hydrogens is 368 g/mol. The molecule has 0 spiro atoms. The molecule has 0 aromatic heterocycles. The molecule has 4 heteroatoms. The van der Waals surface area contributed by atoms with Gasteiger partial charge in [0.2, 0.25) is 0 Å². The van der Waals surface area contributed by atoms with Crippen molar-refractivity contribution in [2.75, 3.05) is 13.1 Å². The van der Waals surface area contributed by atoms with Crippen LogP contribution in [0.1, 0.15) is 87.6 Å². The minimum absolute atomic E-state index is 0. The van der Waals surface area contributed by atoms with Crippen molar-refractivity contribution in [3.05, 3.63) is 34.3 Å². The Morgan fingerprint density at radius 2 is 1.89 bits per heavy atom. The molecule has 28 heavy (non-hydrogen) atoms. The number of hydrogen-bond donors (Lipinski definition) is 2. The summed E-state index contributed by atoms with van der Waals surface area (Å²) in [7, 11) is 0. The smallest absolute Gasteiger partial charge is 0.252 e. The summed E-state index contributed by atoms with van der Waals surface area (Å²) in [4.78, 5) is 12.8. The first-order chi connectivity index (χ1) is 13.1. The van der Waals surface area contributed by atoms with E-state index in [1.54, 1.807) is 0 Å². The Bertz CT molecular complexity index is 661. The molecule has 3 nitrogen and oxygen atoms in total. The van der Waals surface area contributed by atoms with Crippen molar-refractivity contribution in [3.63, 3.8) is 0 Å². The molecule has 2 bridgehead atoms. The monoisotopic (exact) mass is 404 g/mol. The first kappa shape index (κ1) is 21.6. The van der Waals surface area contributed by atoms with E-state index >= 15 is 0 Å². The lowest BCUT2D eigenvalue weighted by molar-refractivity contribution is 0.0682. The van der Waals surface area contributed by atoms with E-state index in [4.69, 9.17) is 11.6 Å². The maximum absolute atomic E-state index is 12.8. The third-order valence-corrected chi connectivity index (χ3v) is 7.24. The van der Waals surface area contributed by atoms with Crippen molar-refractivity contribution in [2.45, 2.75) is 84.1 Å². The molecule has 0 saturated heterocycles. The van der Waals surface area contributed by atoms with Gasteiger partial charge in [0.15, 0.2) is 0 Å². The molecule has 2 N–H and O–H groups in total. The highest BCUT2D eigenvalue weighted by Crippen LogP contribution is 2.48. The number of aryl methyl sites for hydroxylation is 1. The van der Waals surface area contributed by atoms with Crippen molar-refractivity contribution in [3.8, 4) is 0 Å². The normalized spacial score (nSPS) is 26.4. The van der Waals surface area contributed by atoms with Crippen LogP contribution in [-0.2, 0) is 6.42 Å². The summed E-state index contributed by atoms with van der Waals surface area (Å²) in [5.74, 6) is 0.889. The molecular formula is C24H37ClN2O. The Kier molecular flexibility index (Phi) is 7.44. The topological polar surface area (TPSA) is 41.1 Å². The number of fused-ring (bicyclic) bond motifs is 2. The van der Waals surface area contributed by atoms with Crippen LogP contribution in [0.3, 0.4) is 0 Å². The summed E-state index contributed by atoms with van der Waals surface area (Å²) in [6.07, 6.45) is 14.0. The molecule has 3 aliphatic rings. The molecule has 3 fully saturated rings. The Balaban J connectivity index is 0.00000225. The second kappa shape index (κ2) is 9.63. The standard InChI is InChI=1S/C23H33ClN2O.CH4/c24-21-10-7-17(6-3-13-25-19-8-9-19)14-20(21)22(27)26-16-23-11-1-4-18(15-23)5-2-12-23;/h7,10,14,18-19,25H,1-6,8-9,11-13,15-16H2,(H,26,27);1H4. The average molecular weight is 405 g/mol. The van der Waals surface area contributed by atoms with E-state index < -0.39 is 0 Å². The molecule has 0 radical (unpaired) electrons. The van der Waals surface area contributed by atoms with Gasteiger partial charge in [0, 0.05) is 12.6 Å². The van der Waals surface area contributed by atoms with Crippen molar-refractivity contribution >= 4 is 17.5 Å². The van der Waals surface area contributed by atoms with Gasteiger partial charge in [-0.05, 0) is 80.5 Å². The van der Waals surface area contributed by atoms with Gasteiger partial charge >= 0.3 is 0 Å². The maximum atomic E-state index is 12.8. The Hall–Kier alpha value is -1.06. The molecule has 1 aromatic carbocycles. The van der Waals surface area contributed by atoms with E-state index in [9.17, 15) is 4.79 Å². The Labute approximate surface area is 176 Å². The van der Waals surface area contributed by atoms with Gasteiger partial charge in [0.05, 0.1) is 10.6 Å². The number of benzene rings is 1. The molecule has 1 amide bonds. The van der Waals surface area contributed by atoms with Crippen LogP contribution in [0.15, 0.2) is 18.2 Å². The Morgan fingerprint density at radius 3 is 2.61 bits per heavy atom. The fourth-order valence-electron chi connectivity index (χ4n) is 5.22. The second-order valence-electron chi connectivity index (χ2n) is 9.18. The minimum Gasteiger partial charge on any atom is -0.351 e. The van der Waals surface area contributed by atoms with Gasteiger partial charge in [-0.3, -0.25) is 4.79 Å². The first-order valence-electron chi connectivity index (χ1n) is 10.9. The maximum Gasteiger partial charge on any atom is 0.252 e. The molecule has 0 aliphatic heterocycles. The summed E-state index contributed by atoms with van der Waals surface area (Å²) in [5, 5.41) is 7.35. The fraction of sp³-hybridized carbons (Fsp3) is 0.708. The van der Waals surface area contributed by atoms with Crippen molar-refractivity contribution in [1.29, 1.82) is 0 Å². The predicted molar refractivity (Wildman–Crippen MR) is 118 cm³/mol. The number of hydrogen-bond acceptors (Lipinski definition) is 2. The van der Waals surface area contributed by atoms with Crippen LogP contribution < -0.4 is 10.6 Å². The van der Waals surface area contributed by atoms with Crippen LogP contribution >= 0.6 is 11.6 Å². The number of amides is 1. The molecule has 3 aliphatic carbocycles. The van der Waals surface area contributed by atoms with Crippen LogP contribution in [0, 0.1) is 11.3 Å². The van der Waals surface area contributed by atoms with Crippen LogP contribution in [0.25, 0.3) is 0 Å². The largest absolute Gasteiger partial charge is 0.351 e. The highest BCUT2D eigenvalue weighted by atomic mass is 35.5. The minimum atomic E-state index is 0. The molecule has 0 atom stereocenters. The summed E-state index contributed by atoms with van der Waals surface area (Å²) in [5.41, 5.74) is 2.19. The average Bonchev–Trinajstić information content (AvgIpc) is 3.49. The predicted octanol–water partition coefficient (Wildman–Crippen LogP) is 5.75. The van der Waals surface area contributed by atoms with Gasteiger partial charge in [-0.2, -0.15) is 0 Å². The molecule has 0 unspecified atom stereocenters. The zero-order valence-electron chi connectivity index (χ0n) is 16.4. The fourth-order valence-corrected chi connectivity index (χ4v) is 5.42. The van der Waals surface area contributed by atoms with Crippen LogP contribution in [0.2, 0.25) is 5.02 Å². The molecule has 4 rings (SSSR count). The zero-order chi connectivity index (χ0) is 18.7. The van der Waals surface area contributed by atoms with Gasteiger partial charge in [0.1, 0.15) is 0 Å². The van der Waals surface area contributed by atoms with E-state index in [2.05, 4.69) is 16.7 Å². The highest BCUT2D eigenvalue weighted by Gasteiger charge is 2.39. The number of carbonyl (C=O) groups excluding carboxylic acids is 1. The van der Waals surface area contributed by atoms with Gasteiger partial charge in [-0.1, -0.05) is 50.8 Å². The van der Waals surface area contributed by atoms with Gasteiger partial charge in [-0.25, -0.2) is 0 Å². The number of nitrogens with one attached hydrogen (secondary N) is 2. The van der Waals surface area contributed by atoms with Crippen molar-refractivity contribution in [2.24, 2.45) is 11.3 Å². The van der Waals surface area contributed by atoms with E-state index in [1.165, 1.54) is 63.4 Å². The van der Waals surface area contributed by atoms with Gasteiger partial charge in [0.25, 0.3) is 5.91 Å². The van der Waals surface area contributed by atoms with Crippen molar-refractivity contribution in [1.82, 2.24) is 10.6 Å². The number of rotatable bonds is 8. The van der Waals surface area contributed by atoms with E-state index in [1.807, 2.05) is 12.1 Å². The van der Waals surface area contributed by atoms with E-state index in [0.29, 0.717) is 16.0 Å². The summed E-state index contributed by atoms with van der Waals surface area (Å²) in [6.45, 7) is 1.87. The number of carbonyl (C=O) groups is 1. The van der Waals surface area contributed by atoms with Gasteiger partial charge in [-0.15, -0.1) is 0 Å². The lowest BCUT2D eigenvalue weighted by Gasteiger charge is -2.45. The summed E-state index contributed by atoms with van der Waals surface area (Å²) >= 11 is 6.35. The third-order valence-electron chi connectivity index (χ3n) is 6.91. The van der Waals surface area contributed by atoms with E-state index in [-0.39, 0.29) is 13.3 Å². The van der Waals surface area contributed by atoms with Crippen molar-refractivity contribution < 1.29 is 4.79 Å². The molecule has 1 aromatic rings. The van der Waals surface area contributed by atoms with Crippen LogP contribution in [0.4, 0.5) is 0 Å². The van der Waals surface area contributed by atoms with Gasteiger partial charge < -0.3 is 10.6 Å². The summed E-state index contributed by atoms with van der Waals surface area (Å²) in [6, 6.07) is 6.70. The molecule has 0 heterocycles. The van der Waals surface area contributed by atoms with Crippen LogP contribution in [0.5, 0.6) is 0 Å². The summed E-state index contributed by atoms with van der Waals surface area (Å²) < 4.78 is 0. The lowest BCUT2D eigenvalue weighted by atomic mass is 9.62. The van der Waals surface area contributed by atoms with Crippen LogP contribution in [-0.4, -0.2) is 25.0 Å². The zero-order valence-corrected chi connectivity index (χ0v) is 17.1. The highest BCUT2D eigenvalue weighted by molar-refractivity contribution is 6.33.